The molecule has 2 amide bonds. The molecule has 0 spiro atoms. The molecule has 1 heterocycles. The Morgan fingerprint density at radius 1 is 1.11 bits per heavy atom. The second-order valence-corrected chi connectivity index (χ2v) is 7.05. The van der Waals surface area contributed by atoms with Gasteiger partial charge in [-0.05, 0) is 50.0 Å². The molecular formula is C22H28FN3O2. The molecule has 0 bridgehead atoms. The van der Waals surface area contributed by atoms with Crippen LogP contribution in [0.3, 0.4) is 0 Å². The predicted octanol–water partition coefficient (Wildman–Crippen LogP) is 4.01. The van der Waals surface area contributed by atoms with E-state index in [0.29, 0.717) is 18.8 Å². The number of carbonyl (C=O) groups excluding carboxylic acids is 1. The van der Waals surface area contributed by atoms with Gasteiger partial charge < -0.3 is 19.9 Å². The second kappa shape index (κ2) is 10.1. The van der Waals surface area contributed by atoms with Crippen LogP contribution in [0.1, 0.15) is 18.4 Å². The number of nitrogens with one attached hydrogen (secondary N) is 1. The van der Waals surface area contributed by atoms with Crippen LogP contribution in [0, 0.1) is 5.82 Å². The Labute approximate surface area is 166 Å². The molecule has 1 saturated heterocycles. The zero-order valence-corrected chi connectivity index (χ0v) is 16.4. The lowest BCUT2D eigenvalue weighted by atomic mass is 10.1. The standard InChI is InChI=1S/C22H28FN3O2/c1-28-19-10-11-21(20(23)17-19)24-22(27)26-14-6-13-25(15-16-26)12-5-9-18-7-3-2-4-8-18/h2-4,7-8,10-11,17H,5-6,9,12-16H2,1H3,(H,24,27). The van der Waals surface area contributed by atoms with E-state index in [0.717, 1.165) is 38.9 Å². The smallest absolute Gasteiger partial charge is 0.321 e. The molecule has 1 aliphatic heterocycles. The number of rotatable bonds is 6. The number of anilines is 1. The maximum absolute atomic E-state index is 14.1. The van der Waals surface area contributed by atoms with Crippen LogP contribution in [0.5, 0.6) is 5.75 Å². The second-order valence-electron chi connectivity index (χ2n) is 7.05. The molecule has 3 rings (SSSR count). The van der Waals surface area contributed by atoms with E-state index in [-0.39, 0.29) is 11.7 Å². The van der Waals surface area contributed by atoms with Crippen LogP contribution in [-0.4, -0.2) is 55.7 Å². The Hall–Kier alpha value is -2.60. The molecule has 1 aliphatic rings. The minimum absolute atomic E-state index is 0.176. The summed E-state index contributed by atoms with van der Waals surface area (Å²) in [6.07, 6.45) is 3.09. The first-order valence-corrected chi connectivity index (χ1v) is 9.81. The molecule has 2 aromatic carbocycles. The van der Waals surface area contributed by atoms with Gasteiger partial charge in [-0.15, -0.1) is 0 Å². The highest BCUT2D eigenvalue weighted by atomic mass is 19.1. The van der Waals surface area contributed by atoms with Gasteiger partial charge in [-0.1, -0.05) is 30.3 Å². The molecule has 0 saturated carbocycles. The van der Waals surface area contributed by atoms with Crippen molar-refractivity contribution in [1.82, 2.24) is 9.80 Å². The number of amides is 2. The van der Waals surface area contributed by atoms with Gasteiger partial charge in [0.15, 0.2) is 0 Å². The fourth-order valence-electron chi connectivity index (χ4n) is 3.47. The number of halogens is 1. The van der Waals surface area contributed by atoms with Crippen molar-refractivity contribution >= 4 is 11.7 Å². The van der Waals surface area contributed by atoms with Crippen molar-refractivity contribution in [3.8, 4) is 5.75 Å². The van der Waals surface area contributed by atoms with E-state index >= 15 is 0 Å². The van der Waals surface area contributed by atoms with Crippen LogP contribution in [0.15, 0.2) is 48.5 Å². The lowest BCUT2D eigenvalue weighted by Crippen LogP contribution is -2.38. The number of hydrogen-bond donors (Lipinski definition) is 1. The lowest BCUT2D eigenvalue weighted by molar-refractivity contribution is 0.211. The van der Waals surface area contributed by atoms with E-state index in [1.807, 2.05) is 6.07 Å². The van der Waals surface area contributed by atoms with Gasteiger partial charge in [0.1, 0.15) is 11.6 Å². The first kappa shape index (κ1) is 20.1. The number of urea groups is 1. The molecule has 0 atom stereocenters. The molecule has 28 heavy (non-hydrogen) atoms. The number of aryl methyl sites for hydroxylation is 1. The molecule has 6 heteroatoms. The third kappa shape index (κ3) is 5.70. The molecule has 1 fully saturated rings. The summed E-state index contributed by atoms with van der Waals surface area (Å²) in [7, 11) is 1.48. The Morgan fingerprint density at radius 3 is 2.68 bits per heavy atom. The monoisotopic (exact) mass is 385 g/mol. The summed E-state index contributed by atoms with van der Waals surface area (Å²) in [6, 6.07) is 14.7. The van der Waals surface area contributed by atoms with Crippen LogP contribution in [-0.2, 0) is 6.42 Å². The topological polar surface area (TPSA) is 44.8 Å². The van der Waals surface area contributed by atoms with Gasteiger partial charge >= 0.3 is 6.03 Å². The minimum atomic E-state index is -0.495. The van der Waals surface area contributed by atoms with E-state index in [2.05, 4.69) is 34.5 Å². The lowest BCUT2D eigenvalue weighted by Gasteiger charge is -2.22. The van der Waals surface area contributed by atoms with E-state index in [1.165, 1.54) is 24.8 Å². The van der Waals surface area contributed by atoms with Gasteiger partial charge in [0.05, 0.1) is 12.8 Å². The molecule has 150 valence electrons. The molecule has 1 N–H and O–H groups in total. The Bertz CT molecular complexity index is 770. The summed E-state index contributed by atoms with van der Waals surface area (Å²) in [6.45, 7) is 4.17. The maximum Gasteiger partial charge on any atom is 0.321 e. The van der Waals surface area contributed by atoms with Gasteiger partial charge in [0.2, 0.25) is 0 Å². The first-order chi connectivity index (χ1) is 13.7. The van der Waals surface area contributed by atoms with Crippen molar-refractivity contribution in [2.24, 2.45) is 0 Å². The average Bonchev–Trinajstić information content (AvgIpc) is 2.96. The number of ether oxygens (including phenoxy) is 1. The number of methoxy groups -OCH3 is 1. The zero-order chi connectivity index (χ0) is 19.8. The number of nitrogens with zero attached hydrogens (tertiary/aromatic N) is 2. The van der Waals surface area contributed by atoms with E-state index < -0.39 is 5.82 Å². The maximum atomic E-state index is 14.1. The summed E-state index contributed by atoms with van der Waals surface area (Å²) in [5.74, 6) is -0.0681. The van der Waals surface area contributed by atoms with Crippen LogP contribution >= 0.6 is 0 Å². The molecule has 0 radical (unpaired) electrons. The summed E-state index contributed by atoms with van der Waals surface area (Å²) < 4.78 is 19.1. The Kier molecular flexibility index (Phi) is 7.25. The van der Waals surface area contributed by atoms with Crippen LogP contribution in [0.4, 0.5) is 14.9 Å². The summed E-state index contributed by atoms with van der Waals surface area (Å²) >= 11 is 0. The van der Waals surface area contributed by atoms with Crippen molar-refractivity contribution in [2.45, 2.75) is 19.3 Å². The number of hydrogen-bond acceptors (Lipinski definition) is 3. The van der Waals surface area contributed by atoms with Gasteiger partial charge in [-0.25, -0.2) is 9.18 Å². The summed E-state index contributed by atoms with van der Waals surface area (Å²) in [5, 5.41) is 2.68. The number of carbonyl (C=O) groups is 1. The van der Waals surface area contributed by atoms with Crippen molar-refractivity contribution in [2.75, 3.05) is 45.2 Å². The fraction of sp³-hybridized carbons (Fsp3) is 0.409. The minimum Gasteiger partial charge on any atom is -0.497 e. The van der Waals surface area contributed by atoms with E-state index in [4.69, 9.17) is 4.74 Å². The van der Waals surface area contributed by atoms with Gasteiger partial charge in [-0.3, -0.25) is 0 Å². The quantitative estimate of drug-likeness (QED) is 0.817. The van der Waals surface area contributed by atoms with E-state index in [1.54, 1.807) is 11.0 Å². The van der Waals surface area contributed by atoms with Gasteiger partial charge in [0.25, 0.3) is 0 Å². The van der Waals surface area contributed by atoms with Crippen LogP contribution in [0.2, 0.25) is 0 Å². The third-order valence-corrected chi connectivity index (χ3v) is 5.08. The molecule has 2 aromatic rings. The summed E-state index contributed by atoms with van der Waals surface area (Å²) in [4.78, 5) is 16.7. The fourth-order valence-corrected chi connectivity index (χ4v) is 3.47. The molecule has 0 aliphatic carbocycles. The highest BCUT2D eigenvalue weighted by Crippen LogP contribution is 2.21. The average molecular weight is 385 g/mol. The number of benzene rings is 2. The zero-order valence-electron chi connectivity index (χ0n) is 16.4. The van der Waals surface area contributed by atoms with Gasteiger partial charge in [0, 0.05) is 25.7 Å². The van der Waals surface area contributed by atoms with E-state index in [9.17, 15) is 9.18 Å². The third-order valence-electron chi connectivity index (χ3n) is 5.08. The van der Waals surface area contributed by atoms with Crippen molar-refractivity contribution in [3.05, 3.63) is 59.9 Å². The van der Waals surface area contributed by atoms with Crippen molar-refractivity contribution in [3.63, 3.8) is 0 Å². The predicted molar refractivity (Wildman–Crippen MR) is 109 cm³/mol. The molecule has 0 unspecified atom stereocenters. The SMILES string of the molecule is COc1ccc(NC(=O)N2CCCN(CCCc3ccccc3)CC2)c(F)c1. The molecular weight excluding hydrogens is 357 g/mol. The molecule has 5 nitrogen and oxygen atoms in total. The van der Waals surface area contributed by atoms with Crippen molar-refractivity contribution in [1.29, 1.82) is 0 Å². The molecule has 0 aromatic heterocycles. The normalized spacial score (nSPS) is 15.1. The van der Waals surface area contributed by atoms with Gasteiger partial charge in [-0.2, -0.15) is 0 Å². The first-order valence-electron chi connectivity index (χ1n) is 9.81. The van der Waals surface area contributed by atoms with Crippen molar-refractivity contribution < 1.29 is 13.9 Å². The highest BCUT2D eigenvalue weighted by Gasteiger charge is 2.20. The largest absolute Gasteiger partial charge is 0.497 e. The summed E-state index contributed by atoms with van der Waals surface area (Å²) in [5.41, 5.74) is 1.54. The Morgan fingerprint density at radius 2 is 1.93 bits per heavy atom. The van der Waals surface area contributed by atoms with Crippen LogP contribution in [0.25, 0.3) is 0 Å². The Balaban J connectivity index is 1.45. The van der Waals surface area contributed by atoms with Crippen LogP contribution < -0.4 is 10.1 Å². The highest BCUT2D eigenvalue weighted by molar-refractivity contribution is 5.89.